The first-order valence-electron chi connectivity index (χ1n) is 6.55. The summed E-state index contributed by atoms with van der Waals surface area (Å²) in [6.07, 6.45) is 1.07. The van der Waals surface area contributed by atoms with Gasteiger partial charge in [-0.3, -0.25) is 4.79 Å². The molecule has 116 valence electrons. The van der Waals surface area contributed by atoms with Crippen LogP contribution in [0.3, 0.4) is 0 Å². The van der Waals surface area contributed by atoms with Crippen molar-refractivity contribution >= 4 is 23.2 Å². The molecule has 0 saturated carbocycles. The van der Waals surface area contributed by atoms with Gasteiger partial charge in [-0.25, -0.2) is 13.2 Å². The minimum atomic E-state index is -1.57. The van der Waals surface area contributed by atoms with Gasteiger partial charge in [0.25, 0.3) is 0 Å². The highest BCUT2D eigenvalue weighted by molar-refractivity contribution is 5.89. The van der Waals surface area contributed by atoms with Crippen LogP contribution >= 0.6 is 0 Å². The molecule has 8 heteroatoms. The molecule has 0 aliphatic rings. The third-order valence-electron chi connectivity index (χ3n) is 2.71. The number of rotatable bonds is 5. The zero-order valence-corrected chi connectivity index (χ0v) is 11.7. The van der Waals surface area contributed by atoms with Gasteiger partial charge < -0.3 is 10.6 Å². The SMILES string of the molecule is CCCC(=O)Nc1ccc(Nc2ccc(F)c(F)c2F)nn1. The Morgan fingerprint density at radius 1 is 1.05 bits per heavy atom. The van der Waals surface area contributed by atoms with E-state index in [1.54, 1.807) is 0 Å². The average Bonchev–Trinajstić information content (AvgIpc) is 2.50. The quantitative estimate of drug-likeness (QED) is 0.831. The molecule has 0 aliphatic carbocycles. The maximum Gasteiger partial charge on any atom is 0.225 e. The summed E-state index contributed by atoms with van der Waals surface area (Å²) >= 11 is 0. The number of hydrogen-bond donors (Lipinski definition) is 2. The number of aromatic nitrogens is 2. The maximum absolute atomic E-state index is 13.5. The molecule has 2 N–H and O–H groups in total. The topological polar surface area (TPSA) is 66.9 Å². The molecule has 0 radical (unpaired) electrons. The Morgan fingerprint density at radius 2 is 1.73 bits per heavy atom. The lowest BCUT2D eigenvalue weighted by atomic mass is 10.2. The van der Waals surface area contributed by atoms with Gasteiger partial charge in [-0.15, -0.1) is 10.2 Å². The lowest BCUT2D eigenvalue weighted by Gasteiger charge is -2.08. The molecule has 0 spiro atoms. The molecular weight excluding hydrogens is 297 g/mol. The van der Waals surface area contributed by atoms with Crippen molar-refractivity contribution in [2.75, 3.05) is 10.6 Å². The van der Waals surface area contributed by atoms with Crippen molar-refractivity contribution in [3.05, 3.63) is 41.7 Å². The van der Waals surface area contributed by atoms with Gasteiger partial charge in [0.05, 0.1) is 5.69 Å². The number of carbonyl (C=O) groups excluding carboxylic acids is 1. The van der Waals surface area contributed by atoms with Crippen molar-refractivity contribution in [2.24, 2.45) is 0 Å². The van der Waals surface area contributed by atoms with Crippen LogP contribution in [0.1, 0.15) is 19.8 Å². The molecule has 1 amide bonds. The Kier molecular flexibility index (Phi) is 4.92. The summed E-state index contributed by atoms with van der Waals surface area (Å²) in [6, 6.07) is 4.73. The maximum atomic E-state index is 13.5. The minimum Gasteiger partial charge on any atom is -0.336 e. The third kappa shape index (κ3) is 3.72. The zero-order valence-electron chi connectivity index (χ0n) is 11.7. The Labute approximate surface area is 124 Å². The van der Waals surface area contributed by atoms with E-state index in [4.69, 9.17) is 0 Å². The van der Waals surface area contributed by atoms with E-state index in [1.807, 2.05) is 6.92 Å². The lowest BCUT2D eigenvalue weighted by Crippen LogP contribution is -2.12. The van der Waals surface area contributed by atoms with Gasteiger partial charge >= 0.3 is 0 Å². The number of nitrogens with one attached hydrogen (secondary N) is 2. The molecular formula is C14H13F3N4O. The van der Waals surface area contributed by atoms with Gasteiger partial charge in [-0.2, -0.15) is 0 Å². The molecule has 2 aromatic rings. The van der Waals surface area contributed by atoms with Crippen molar-refractivity contribution in [2.45, 2.75) is 19.8 Å². The third-order valence-corrected chi connectivity index (χ3v) is 2.71. The van der Waals surface area contributed by atoms with Gasteiger partial charge in [0, 0.05) is 6.42 Å². The number of benzene rings is 1. The zero-order chi connectivity index (χ0) is 16.1. The highest BCUT2D eigenvalue weighted by Crippen LogP contribution is 2.22. The number of anilines is 3. The van der Waals surface area contributed by atoms with E-state index in [0.29, 0.717) is 12.8 Å². The molecule has 0 saturated heterocycles. The van der Waals surface area contributed by atoms with Gasteiger partial charge in [-0.1, -0.05) is 6.92 Å². The Bertz CT molecular complexity index is 677. The summed E-state index contributed by atoms with van der Waals surface area (Å²) in [4.78, 5) is 11.4. The average molecular weight is 310 g/mol. The summed E-state index contributed by atoms with van der Waals surface area (Å²) in [5.74, 6) is -4.01. The van der Waals surface area contributed by atoms with Crippen LogP contribution in [0.5, 0.6) is 0 Å². The molecule has 0 atom stereocenters. The Morgan fingerprint density at radius 3 is 2.36 bits per heavy atom. The van der Waals surface area contributed by atoms with Crippen LogP contribution in [0.25, 0.3) is 0 Å². The number of hydrogen-bond acceptors (Lipinski definition) is 4. The fourth-order valence-corrected chi connectivity index (χ4v) is 1.66. The first kappa shape index (κ1) is 15.7. The molecule has 0 fully saturated rings. The van der Waals surface area contributed by atoms with E-state index in [1.165, 1.54) is 12.1 Å². The van der Waals surface area contributed by atoms with Crippen molar-refractivity contribution in [1.82, 2.24) is 10.2 Å². The highest BCUT2D eigenvalue weighted by atomic mass is 19.2. The fourth-order valence-electron chi connectivity index (χ4n) is 1.66. The molecule has 22 heavy (non-hydrogen) atoms. The van der Waals surface area contributed by atoms with E-state index in [0.717, 1.165) is 12.1 Å². The minimum absolute atomic E-state index is 0.124. The smallest absolute Gasteiger partial charge is 0.225 e. The fraction of sp³-hybridized carbons (Fsp3) is 0.214. The molecule has 1 aromatic heterocycles. The van der Waals surface area contributed by atoms with Crippen LogP contribution < -0.4 is 10.6 Å². The summed E-state index contributed by atoms with van der Waals surface area (Å²) in [5.41, 5.74) is -0.268. The van der Waals surface area contributed by atoms with Gasteiger partial charge in [0.2, 0.25) is 5.91 Å². The van der Waals surface area contributed by atoms with Crippen LogP contribution in [0, 0.1) is 17.5 Å². The monoisotopic (exact) mass is 310 g/mol. The van der Waals surface area contributed by atoms with Gasteiger partial charge in [0.15, 0.2) is 29.1 Å². The highest BCUT2D eigenvalue weighted by Gasteiger charge is 2.13. The standard InChI is InChI=1S/C14H13F3N4O/c1-2-3-12(22)19-11-7-6-10(20-21-11)18-9-5-4-8(15)13(16)14(9)17/h4-7H,2-3H2,1H3,(H,18,20)(H,19,21,22). The molecule has 0 bridgehead atoms. The van der Waals surface area contributed by atoms with E-state index >= 15 is 0 Å². The van der Waals surface area contributed by atoms with Crippen LogP contribution in [0.15, 0.2) is 24.3 Å². The summed E-state index contributed by atoms with van der Waals surface area (Å²) < 4.78 is 39.4. The van der Waals surface area contributed by atoms with Crippen LogP contribution in [-0.4, -0.2) is 16.1 Å². The van der Waals surface area contributed by atoms with Crippen molar-refractivity contribution in [3.8, 4) is 0 Å². The van der Waals surface area contributed by atoms with E-state index < -0.39 is 17.5 Å². The van der Waals surface area contributed by atoms with Gasteiger partial charge in [0.1, 0.15) is 0 Å². The Balaban J connectivity index is 2.09. The number of carbonyl (C=O) groups is 1. The van der Waals surface area contributed by atoms with Gasteiger partial charge in [-0.05, 0) is 30.7 Å². The van der Waals surface area contributed by atoms with E-state index in [-0.39, 0.29) is 23.2 Å². The second-order valence-electron chi connectivity index (χ2n) is 4.45. The number of amides is 1. The Hall–Kier alpha value is -2.64. The summed E-state index contributed by atoms with van der Waals surface area (Å²) in [6.45, 7) is 1.87. The molecule has 1 aromatic carbocycles. The van der Waals surface area contributed by atoms with Crippen LogP contribution in [0.4, 0.5) is 30.5 Å². The lowest BCUT2D eigenvalue weighted by molar-refractivity contribution is -0.116. The van der Waals surface area contributed by atoms with E-state index in [2.05, 4.69) is 20.8 Å². The van der Waals surface area contributed by atoms with Crippen LogP contribution in [-0.2, 0) is 4.79 Å². The first-order valence-corrected chi connectivity index (χ1v) is 6.55. The van der Waals surface area contributed by atoms with E-state index in [9.17, 15) is 18.0 Å². The predicted octanol–water partition coefficient (Wildman–Crippen LogP) is 3.38. The summed E-state index contributed by atoms with van der Waals surface area (Å²) in [5, 5.41) is 12.5. The normalized spacial score (nSPS) is 10.4. The molecule has 1 heterocycles. The molecule has 2 rings (SSSR count). The summed E-state index contributed by atoms with van der Waals surface area (Å²) in [7, 11) is 0. The number of halogens is 3. The van der Waals surface area contributed by atoms with Crippen molar-refractivity contribution in [1.29, 1.82) is 0 Å². The molecule has 5 nitrogen and oxygen atoms in total. The van der Waals surface area contributed by atoms with Crippen LogP contribution in [0.2, 0.25) is 0 Å². The second-order valence-corrected chi connectivity index (χ2v) is 4.45. The second kappa shape index (κ2) is 6.88. The molecule has 0 aliphatic heterocycles. The largest absolute Gasteiger partial charge is 0.336 e. The predicted molar refractivity (Wildman–Crippen MR) is 75.2 cm³/mol. The van der Waals surface area contributed by atoms with Crippen molar-refractivity contribution < 1.29 is 18.0 Å². The molecule has 0 unspecified atom stereocenters. The number of nitrogens with zero attached hydrogens (tertiary/aromatic N) is 2. The first-order chi connectivity index (χ1) is 10.5. The van der Waals surface area contributed by atoms with Crippen molar-refractivity contribution in [3.63, 3.8) is 0 Å².